The van der Waals surface area contributed by atoms with Gasteiger partial charge in [-0.2, -0.15) is 0 Å². The lowest BCUT2D eigenvalue weighted by atomic mass is 9.63. The van der Waals surface area contributed by atoms with Crippen LogP contribution in [0, 0.1) is 5.41 Å². The summed E-state index contributed by atoms with van der Waals surface area (Å²) in [4.78, 5) is 10.2. The minimum atomic E-state index is -1.14. The molecule has 1 aliphatic carbocycles. The highest BCUT2D eigenvalue weighted by Crippen LogP contribution is 2.47. The lowest BCUT2D eigenvalue weighted by Gasteiger charge is -2.45. The Balaban J connectivity index is 2.30. The van der Waals surface area contributed by atoms with Crippen molar-refractivity contribution in [2.45, 2.75) is 45.6 Å². The number of hydrogen-bond donors (Lipinski definition) is 1. The van der Waals surface area contributed by atoms with E-state index in [2.05, 4.69) is 18.6 Å². The van der Waals surface area contributed by atoms with Crippen LogP contribution in [0.1, 0.15) is 39.5 Å². The fourth-order valence-corrected chi connectivity index (χ4v) is 1.96. The van der Waals surface area contributed by atoms with E-state index in [0.29, 0.717) is 5.41 Å². The van der Waals surface area contributed by atoms with Crippen LogP contribution in [-0.2, 0) is 4.74 Å². The van der Waals surface area contributed by atoms with Gasteiger partial charge in [0.2, 0.25) is 0 Å². The SMILES string of the molecule is CCC1(CC)CC(OC(=O)O)C1. The molecule has 0 spiro atoms. The van der Waals surface area contributed by atoms with Crippen molar-refractivity contribution < 1.29 is 14.6 Å². The molecule has 0 aromatic heterocycles. The Labute approximate surface area is 72.7 Å². The second-order valence-corrected chi connectivity index (χ2v) is 3.62. The number of rotatable bonds is 3. The van der Waals surface area contributed by atoms with Gasteiger partial charge >= 0.3 is 6.16 Å². The molecule has 1 rings (SSSR count). The molecule has 0 atom stereocenters. The van der Waals surface area contributed by atoms with E-state index in [4.69, 9.17) is 5.11 Å². The van der Waals surface area contributed by atoms with Crippen LogP contribution in [0.4, 0.5) is 4.79 Å². The Morgan fingerprint density at radius 3 is 2.33 bits per heavy atom. The summed E-state index contributed by atoms with van der Waals surface area (Å²) in [6, 6.07) is 0. The van der Waals surface area contributed by atoms with Crippen LogP contribution in [0.2, 0.25) is 0 Å². The predicted molar refractivity (Wildman–Crippen MR) is 45.1 cm³/mol. The molecule has 0 aromatic carbocycles. The lowest BCUT2D eigenvalue weighted by molar-refractivity contribution is -0.0619. The summed E-state index contributed by atoms with van der Waals surface area (Å²) in [7, 11) is 0. The Morgan fingerprint density at radius 2 is 2.00 bits per heavy atom. The van der Waals surface area contributed by atoms with Crippen molar-refractivity contribution in [3.05, 3.63) is 0 Å². The van der Waals surface area contributed by atoms with Gasteiger partial charge in [-0.25, -0.2) is 4.79 Å². The van der Waals surface area contributed by atoms with Gasteiger partial charge in [0, 0.05) is 0 Å². The second kappa shape index (κ2) is 3.33. The third kappa shape index (κ3) is 1.71. The summed E-state index contributed by atoms with van der Waals surface area (Å²) in [5, 5.41) is 8.34. The lowest BCUT2D eigenvalue weighted by Crippen LogP contribution is -2.42. The van der Waals surface area contributed by atoms with Crippen LogP contribution in [0.5, 0.6) is 0 Å². The van der Waals surface area contributed by atoms with Gasteiger partial charge < -0.3 is 9.84 Å². The molecular formula is C9H16O3. The Morgan fingerprint density at radius 1 is 1.50 bits per heavy atom. The number of hydrogen-bond acceptors (Lipinski definition) is 2. The zero-order valence-electron chi connectivity index (χ0n) is 7.67. The maximum Gasteiger partial charge on any atom is 0.506 e. The summed E-state index contributed by atoms with van der Waals surface area (Å²) in [6.45, 7) is 4.31. The van der Waals surface area contributed by atoms with E-state index in [1.165, 1.54) is 0 Å². The van der Waals surface area contributed by atoms with Crippen LogP contribution in [0.15, 0.2) is 0 Å². The normalized spacial score (nSPS) is 21.5. The molecule has 0 aromatic rings. The molecule has 0 amide bonds. The zero-order valence-corrected chi connectivity index (χ0v) is 7.67. The Hall–Kier alpha value is -0.730. The molecule has 3 nitrogen and oxygen atoms in total. The summed E-state index contributed by atoms with van der Waals surface area (Å²) in [5.74, 6) is 0. The molecule has 1 fully saturated rings. The molecular weight excluding hydrogens is 156 g/mol. The van der Waals surface area contributed by atoms with E-state index in [1.54, 1.807) is 0 Å². The predicted octanol–water partition coefficient (Wildman–Crippen LogP) is 2.65. The van der Waals surface area contributed by atoms with E-state index < -0.39 is 6.16 Å². The summed E-state index contributed by atoms with van der Waals surface area (Å²) >= 11 is 0. The van der Waals surface area contributed by atoms with Crippen LogP contribution >= 0.6 is 0 Å². The van der Waals surface area contributed by atoms with Gasteiger partial charge in [-0.1, -0.05) is 26.7 Å². The molecule has 70 valence electrons. The van der Waals surface area contributed by atoms with Gasteiger partial charge in [-0.05, 0) is 18.3 Å². The third-order valence-corrected chi connectivity index (χ3v) is 3.09. The van der Waals surface area contributed by atoms with Crippen LogP contribution in [-0.4, -0.2) is 17.4 Å². The van der Waals surface area contributed by atoms with Crippen molar-refractivity contribution in [3.8, 4) is 0 Å². The largest absolute Gasteiger partial charge is 0.506 e. The first kappa shape index (κ1) is 9.36. The topological polar surface area (TPSA) is 46.5 Å². The van der Waals surface area contributed by atoms with E-state index in [1.807, 2.05) is 0 Å². The maximum atomic E-state index is 10.2. The first-order valence-corrected chi connectivity index (χ1v) is 4.51. The van der Waals surface area contributed by atoms with Crippen molar-refractivity contribution in [2.24, 2.45) is 5.41 Å². The zero-order chi connectivity index (χ0) is 9.19. The monoisotopic (exact) mass is 172 g/mol. The molecule has 0 heterocycles. The fourth-order valence-electron chi connectivity index (χ4n) is 1.96. The molecule has 12 heavy (non-hydrogen) atoms. The molecule has 0 unspecified atom stereocenters. The van der Waals surface area contributed by atoms with E-state index >= 15 is 0 Å². The van der Waals surface area contributed by atoms with Gasteiger partial charge in [0.25, 0.3) is 0 Å². The number of ether oxygens (including phenoxy) is 1. The highest BCUT2D eigenvalue weighted by Gasteiger charge is 2.43. The van der Waals surface area contributed by atoms with Gasteiger partial charge in [-0.3, -0.25) is 0 Å². The van der Waals surface area contributed by atoms with E-state index in [-0.39, 0.29) is 6.10 Å². The van der Waals surface area contributed by atoms with Gasteiger partial charge in [0.1, 0.15) is 6.10 Å². The molecule has 3 heteroatoms. The molecule has 0 aliphatic heterocycles. The van der Waals surface area contributed by atoms with Gasteiger partial charge in [0.15, 0.2) is 0 Å². The van der Waals surface area contributed by atoms with Crippen molar-refractivity contribution in [2.75, 3.05) is 0 Å². The summed E-state index contributed by atoms with van der Waals surface area (Å²) in [5.41, 5.74) is 0.375. The maximum absolute atomic E-state index is 10.2. The summed E-state index contributed by atoms with van der Waals surface area (Å²) < 4.78 is 4.66. The molecule has 1 N–H and O–H groups in total. The highest BCUT2D eigenvalue weighted by atomic mass is 16.7. The summed E-state index contributed by atoms with van der Waals surface area (Å²) in [6.07, 6.45) is 2.90. The smallest absolute Gasteiger partial charge is 0.450 e. The first-order valence-electron chi connectivity index (χ1n) is 4.51. The average Bonchev–Trinajstić information content (AvgIpc) is 1.95. The third-order valence-electron chi connectivity index (χ3n) is 3.09. The van der Waals surface area contributed by atoms with Gasteiger partial charge in [-0.15, -0.1) is 0 Å². The van der Waals surface area contributed by atoms with Crippen molar-refractivity contribution >= 4 is 6.16 Å². The van der Waals surface area contributed by atoms with Crippen LogP contribution < -0.4 is 0 Å². The number of carboxylic acid groups (broad SMARTS) is 1. The molecule has 0 saturated heterocycles. The Bertz CT molecular complexity index is 165. The van der Waals surface area contributed by atoms with Crippen LogP contribution in [0.25, 0.3) is 0 Å². The quantitative estimate of drug-likeness (QED) is 0.665. The number of carbonyl (C=O) groups is 1. The minimum Gasteiger partial charge on any atom is -0.450 e. The van der Waals surface area contributed by atoms with Crippen molar-refractivity contribution in [1.29, 1.82) is 0 Å². The molecule has 0 radical (unpaired) electrons. The standard InChI is InChI=1S/C9H16O3/c1-3-9(4-2)5-7(6-9)12-8(10)11/h7H,3-6H2,1-2H3,(H,10,11). The van der Waals surface area contributed by atoms with Crippen molar-refractivity contribution in [1.82, 2.24) is 0 Å². The van der Waals surface area contributed by atoms with Crippen molar-refractivity contribution in [3.63, 3.8) is 0 Å². The second-order valence-electron chi connectivity index (χ2n) is 3.62. The highest BCUT2D eigenvalue weighted by molar-refractivity contribution is 5.57. The minimum absolute atomic E-state index is 0.0394. The van der Waals surface area contributed by atoms with Gasteiger partial charge in [0.05, 0.1) is 0 Å². The fraction of sp³-hybridized carbons (Fsp3) is 0.889. The molecule has 1 aliphatic rings. The molecule has 1 saturated carbocycles. The average molecular weight is 172 g/mol. The first-order chi connectivity index (χ1) is 5.62. The van der Waals surface area contributed by atoms with E-state index in [0.717, 1.165) is 25.7 Å². The van der Waals surface area contributed by atoms with Crippen LogP contribution in [0.3, 0.4) is 0 Å². The molecule has 0 bridgehead atoms. The Kier molecular flexibility index (Phi) is 2.60. The van der Waals surface area contributed by atoms with E-state index in [9.17, 15) is 4.79 Å².